The van der Waals surface area contributed by atoms with Crippen molar-refractivity contribution < 1.29 is 1.43 Å². The minimum absolute atomic E-state index is 0. The number of nitrogens with zero attached hydrogens (tertiary/aromatic N) is 2. The SMILES string of the molecule is C=CNc1cnc(CCC)cn1.[HH]. The van der Waals surface area contributed by atoms with Gasteiger partial charge in [0.05, 0.1) is 18.1 Å². The minimum Gasteiger partial charge on any atom is -0.346 e. The molecule has 66 valence electrons. The number of aryl methyl sites for hydroxylation is 1. The number of hydrogen-bond donors (Lipinski definition) is 1. The molecule has 0 aromatic carbocycles. The van der Waals surface area contributed by atoms with Crippen LogP contribution in [0.2, 0.25) is 0 Å². The highest BCUT2D eigenvalue weighted by molar-refractivity contribution is 5.33. The molecule has 0 aliphatic rings. The van der Waals surface area contributed by atoms with Crippen LogP contribution in [0.3, 0.4) is 0 Å². The third-order valence-corrected chi connectivity index (χ3v) is 1.46. The molecule has 0 atom stereocenters. The molecule has 0 saturated carbocycles. The molecule has 0 aliphatic carbocycles. The predicted octanol–water partition coefficient (Wildman–Crippen LogP) is 2.23. The monoisotopic (exact) mass is 165 g/mol. The second-order valence-electron chi connectivity index (χ2n) is 2.49. The Kier molecular flexibility index (Phi) is 3.26. The highest BCUT2D eigenvalue weighted by atomic mass is 15.0. The number of hydrogen-bond acceptors (Lipinski definition) is 3. The van der Waals surface area contributed by atoms with E-state index in [1.165, 1.54) is 0 Å². The van der Waals surface area contributed by atoms with Crippen molar-refractivity contribution in [2.45, 2.75) is 19.8 Å². The number of aromatic nitrogens is 2. The standard InChI is InChI=1S/C9H13N3.H2/c1-3-5-8-6-12-9(7-11-8)10-4-2;/h4,6-7H,2-3,5H2,1H3,(H,10,12);1H. The molecule has 3 heteroatoms. The van der Waals surface area contributed by atoms with Crippen molar-refractivity contribution in [1.82, 2.24) is 9.97 Å². The maximum atomic E-state index is 4.21. The predicted molar refractivity (Wildman–Crippen MR) is 52.0 cm³/mol. The summed E-state index contributed by atoms with van der Waals surface area (Å²) < 4.78 is 0. The average Bonchev–Trinajstić information content (AvgIpc) is 2.09. The minimum atomic E-state index is 0. The van der Waals surface area contributed by atoms with E-state index >= 15 is 0 Å². The van der Waals surface area contributed by atoms with E-state index in [0.717, 1.165) is 24.4 Å². The molecule has 0 spiro atoms. The van der Waals surface area contributed by atoms with Crippen molar-refractivity contribution >= 4 is 5.82 Å². The van der Waals surface area contributed by atoms with Gasteiger partial charge in [-0.25, -0.2) is 4.98 Å². The van der Waals surface area contributed by atoms with Crippen molar-refractivity contribution in [2.24, 2.45) is 0 Å². The number of nitrogens with one attached hydrogen (secondary N) is 1. The average molecular weight is 165 g/mol. The lowest BCUT2D eigenvalue weighted by Crippen LogP contribution is -1.95. The molecule has 1 rings (SSSR count). The summed E-state index contributed by atoms with van der Waals surface area (Å²) in [6, 6.07) is 0. The second-order valence-corrected chi connectivity index (χ2v) is 2.49. The molecule has 0 bridgehead atoms. The van der Waals surface area contributed by atoms with E-state index in [4.69, 9.17) is 0 Å². The van der Waals surface area contributed by atoms with Gasteiger partial charge in [-0.2, -0.15) is 0 Å². The molecule has 0 amide bonds. The Bertz CT molecular complexity index is 246. The first kappa shape index (κ1) is 8.71. The zero-order valence-electron chi connectivity index (χ0n) is 7.25. The zero-order chi connectivity index (χ0) is 8.81. The summed E-state index contributed by atoms with van der Waals surface area (Å²) in [7, 11) is 0. The Balaban J connectivity index is 0.00000144. The van der Waals surface area contributed by atoms with Crippen molar-refractivity contribution in [2.75, 3.05) is 5.32 Å². The van der Waals surface area contributed by atoms with Gasteiger partial charge in [-0.15, -0.1) is 0 Å². The van der Waals surface area contributed by atoms with Gasteiger partial charge in [0.25, 0.3) is 0 Å². The summed E-state index contributed by atoms with van der Waals surface area (Å²) in [4.78, 5) is 8.36. The second kappa shape index (κ2) is 4.49. The Morgan fingerprint density at radius 2 is 2.42 bits per heavy atom. The maximum Gasteiger partial charge on any atom is 0.148 e. The van der Waals surface area contributed by atoms with Crippen LogP contribution in [0, 0.1) is 0 Å². The number of rotatable bonds is 4. The van der Waals surface area contributed by atoms with E-state index in [0.29, 0.717) is 0 Å². The van der Waals surface area contributed by atoms with Crippen LogP contribution in [-0.2, 0) is 6.42 Å². The van der Waals surface area contributed by atoms with Gasteiger partial charge in [0.1, 0.15) is 5.82 Å². The maximum absolute atomic E-state index is 4.21. The smallest absolute Gasteiger partial charge is 0.148 e. The lowest BCUT2D eigenvalue weighted by molar-refractivity contribution is 0.872. The molecule has 1 N–H and O–H groups in total. The summed E-state index contributed by atoms with van der Waals surface area (Å²) in [5, 5.41) is 2.87. The van der Waals surface area contributed by atoms with Crippen LogP contribution in [-0.4, -0.2) is 9.97 Å². The number of anilines is 1. The molecule has 0 radical (unpaired) electrons. The molecule has 1 heterocycles. The first-order chi connectivity index (χ1) is 5.86. The third kappa shape index (κ3) is 2.34. The van der Waals surface area contributed by atoms with E-state index in [2.05, 4.69) is 28.8 Å². The Labute approximate surface area is 74.0 Å². The summed E-state index contributed by atoms with van der Waals surface area (Å²) >= 11 is 0. The van der Waals surface area contributed by atoms with Gasteiger partial charge >= 0.3 is 0 Å². The molecule has 1 aromatic rings. The summed E-state index contributed by atoms with van der Waals surface area (Å²) in [5.74, 6) is 0.741. The highest BCUT2D eigenvalue weighted by Crippen LogP contribution is 2.02. The molecular weight excluding hydrogens is 150 g/mol. The molecule has 1 aromatic heterocycles. The van der Waals surface area contributed by atoms with E-state index in [1.54, 1.807) is 18.6 Å². The lowest BCUT2D eigenvalue weighted by Gasteiger charge is -1.99. The Hall–Kier alpha value is -1.38. The fourth-order valence-corrected chi connectivity index (χ4v) is 0.919. The van der Waals surface area contributed by atoms with Gasteiger partial charge in [-0.3, -0.25) is 4.98 Å². The Morgan fingerprint density at radius 3 is 2.92 bits per heavy atom. The molecule has 12 heavy (non-hydrogen) atoms. The van der Waals surface area contributed by atoms with Crippen LogP contribution >= 0.6 is 0 Å². The summed E-state index contributed by atoms with van der Waals surface area (Å²) in [6.07, 6.45) is 7.18. The molecule has 0 unspecified atom stereocenters. The first-order valence-electron chi connectivity index (χ1n) is 4.05. The van der Waals surface area contributed by atoms with Gasteiger partial charge in [0, 0.05) is 1.43 Å². The van der Waals surface area contributed by atoms with Crippen molar-refractivity contribution in [3.05, 3.63) is 30.9 Å². The van der Waals surface area contributed by atoms with Crippen molar-refractivity contribution in [3.63, 3.8) is 0 Å². The van der Waals surface area contributed by atoms with E-state index in [-0.39, 0.29) is 1.43 Å². The van der Waals surface area contributed by atoms with Gasteiger partial charge < -0.3 is 5.32 Å². The fourth-order valence-electron chi connectivity index (χ4n) is 0.919. The molecule has 0 saturated heterocycles. The van der Waals surface area contributed by atoms with Crippen LogP contribution in [0.25, 0.3) is 0 Å². The highest BCUT2D eigenvalue weighted by Gasteiger charge is 1.93. The van der Waals surface area contributed by atoms with Crippen molar-refractivity contribution in [1.29, 1.82) is 0 Å². The van der Waals surface area contributed by atoms with E-state index in [9.17, 15) is 0 Å². The van der Waals surface area contributed by atoms with Crippen molar-refractivity contribution in [3.8, 4) is 0 Å². The first-order valence-corrected chi connectivity index (χ1v) is 4.05. The third-order valence-electron chi connectivity index (χ3n) is 1.46. The molecular formula is C9H15N3. The van der Waals surface area contributed by atoms with Crippen LogP contribution in [0.5, 0.6) is 0 Å². The normalized spacial score (nSPS) is 9.42. The van der Waals surface area contributed by atoms with Gasteiger partial charge in [-0.1, -0.05) is 19.9 Å². The molecule has 3 nitrogen and oxygen atoms in total. The Morgan fingerprint density at radius 1 is 1.58 bits per heavy atom. The van der Waals surface area contributed by atoms with Crippen LogP contribution in [0.4, 0.5) is 5.82 Å². The van der Waals surface area contributed by atoms with E-state index in [1.807, 2.05) is 0 Å². The van der Waals surface area contributed by atoms with E-state index < -0.39 is 0 Å². The van der Waals surface area contributed by atoms with Gasteiger partial charge in [0.2, 0.25) is 0 Å². The van der Waals surface area contributed by atoms with Gasteiger partial charge in [0.15, 0.2) is 0 Å². The summed E-state index contributed by atoms with van der Waals surface area (Å²) in [5.41, 5.74) is 1.03. The largest absolute Gasteiger partial charge is 0.346 e. The zero-order valence-corrected chi connectivity index (χ0v) is 7.25. The summed E-state index contributed by atoms with van der Waals surface area (Å²) in [6.45, 7) is 5.66. The van der Waals surface area contributed by atoms with Crippen LogP contribution < -0.4 is 5.32 Å². The fraction of sp³-hybridized carbons (Fsp3) is 0.333. The molecule has 0 aliphatic heterocycles. The van der Waals surface area contributed by atoms with Crippen LogP contribution in [0.15, 0.2) is 25.2 Å². The topological polar surface area (TPSA) is 37.8 Å². The van der Waals surface area contributed by atoms with Gasteiger partial charge in [-0.05, 0) is 12.6 Å². The molecule has 0 fully saturated rings. The quantitative estimate of drug-likeness (QED) is 0.743. The van der Waals surface area contributed by atoms with Crippen LogP contribution in [0.1, 0.15) is 20.5 Å². The lowest BCUT2D eigenvalue weighted by atomic mass is 10.3.